The molecule has 8 heteroatoms. The zero-order valence-electron chi connectivity index (χ0n) is 12.8. The van der Waals surface area contributed by atoms with Crippen LogP contribution in [0.4, 0.5) is 10.1 Å². The molecule has 6 nitrogen and oxygen atoms in total. The van der Waals surface area contributed by atoms with Gasteiger partial charge >= 0.3 is 5.97 Å². The number of rotatable bonds is 6. The highest BCUT2D eigenvalue weighted by Gasteiger charge is 2.12. The van der Waals surface area contributed by atoms with Crippen molar-refractivity contribution < 1.29 is 23.5 Å². The molecule has 126 valence electrons. The second-order valence-electron chi connectivity index (χ2n) is 4.82. The minimum Gasteiger partial charge on any atom is -0.451 e. The van der Waals surface area contributed by atoms with Crippen molar-refractivity contribution >= 4 is 34.8 Å². The Kier molecular flexibility index (Phi) is 6.02. The topological polar surface area (TPSA) is 84.5 Å². The lowest BCUT2D eigenvalue weighted by Crippen LogP contribution is -2.35. The molecule has 2 N–H and O–H groups in total. The summed E-state index contributed by atoms with van der Waals surface area (Å²) in [5.74, 6) is -2.07. The molecule has 1 aromatic carbocycles. The third-order valence-electron chi connectivity index (χ3n) is 2.85. The highest BCUT2D eigenvalue weighted by molar-refractivity contribution is 7.13. The Balaban J connectivity index is 1.69. The maximum absolute atomic E-state index is 12.7. The van der Waals surface area contributed by atoms with Gasteiger partial charge in [-0.25, -0.2) is 9.18 Å². The van der Waals surface area contributed by atoms with Crippen LogP contribution in [0, 0.1) is 12.7 Å². The van der Waals surface area contributed by atoms with Crippen LogP contribution < -0.4 is 10.6 Å². The SMILES string of the molecule is Cc1ccc(C(=O)OCC(=O)NCC(=O)Nc2ccc(F)cc2)s1. The molecule has 0 aliphatic heterocycles. The van der Waals surface area contributed by atoms with E-state index in [0.717, 1.165) is 4.88 Å². The summed E-state index contributed by atoms with van der Waals surface area (Å²) < 4.78 is 17.6. The maximum atomic E-state index is 12.7. The maximum Gasteiger partial charge on any atom is 0.348 e. The fraction of sp³-hybridized carbons (Fsp3) is 0.188. The normalized spacial score (nSPS) is 10.1. The van der Waals surface area contributed by atoms with Crippen LogP contribution in [0.25, 0.3) is 0 Å². The molecule has 0 atom stereocenters. The number of benzene rings is 1. The molecule has 24 heavy (non-hydrogen) atoms. The van der Waals surface area contributed by atoms with Gasteiger partial charge in [-0.1, -0.05) is 0 Å². The minimum atomic E-state index is -0.592. The Bertz CT molecular complexity index is 743. The van der Waals surface area contributed by atoms with Gasteiger partial charge in [-0.2, -0.15) is 0 Å². The molecule has 0 bridgehead atoms. The molecule has 0 fully saturated rings. The van der Waals surface area contributed by atoms with Gasteiger partial charge in [-0.05, 0) is 43.3 Å². The predicted molar refractivity (Wildman–Crippen MR) is 87.4 cm³/mol. The number of carbonyl (C=O) groups is 3. The van der Waals surface area contributed by atoms with Crippen LogP contribution in [-0.2, 0) is 14.3 Å². The Morgan fingerprint density at radius 1 is 1.08 bits per heavy atom. The van der Waals surface area contributed by atoms with Crippen LogP contribution in [0.3, 0.4) is 0 Å². The fourth-order valence-electron chi connectivity index (χ4n) is 1.71. The lowest BCUT2D eigenvalue weighted by Gasteiger charge is -2.07. The molecular formula is C16H15FN2O4S. The van der Waals surface area contributed by atoms with Crippen LogP contribution in [0.2, 0.25) is 0 Å². The Labute approximate surface area is 141 Å². The predicted octanol–water partition coefficient (Wildman–Crippen LogP) is 2.11. The van der Waals surface area contributed by atoms with Crippen LogP contribution in [-0.4, -0.2) is 30.9 Å². The summed E-state index contributed by atoms with van der Waals surface area (Å²) in [5.41, 5.74) is 0.412. The Hall–Kier alpha value is -2.74. The standard InChI is InChI=1S/C16H15FN2O4S/c1-10-2-7-13(24-10)16(22)23-9-15(21)18-8-14(20)19-12-5-3-11(17)4-6-12/h2-7H,8-9H2,1H3,(H,18,21)(H,19,20). The summed E-state index contributed by atoms with van der Waals surface area (Å²) in [4.78, 5) is 36.3. The van der Waals surface area contributed by atoms with Gasteiger partial charge in [0.2, 0.25) is 5.91 Å². The summed E-state index contributed by atoms with van der Waals surface area (Å²) in [5, 5.41) is 4.82. The number of ether oxygens (including phenoxy) is 1. The second kappa shape index (κ2) is 8.21. The molecule has 0 aliphatic carbocycles. The highest BCUT2D eigenvalue weighted by Crippen LogP contribution is 2.15. The van der Waals surface area contributed by atoms with Crippen molar-refractivity contribution in [1.82, 2.24) is 5.32 Å². The number of aryl methyl sites for hydroxylation is 1. The third-order valence-corrected chi connectivity index (χ3v) is 3.83. The van der Waals surface area contributed by atoms with Crippen molar-refractivity contribution in [3.05, 3.63) is 52.0 Å². The smallest absolute Gasteiger partial charge is 0.348 e. The van der Waals surface area contributed by atoms with Gasteiger partial charge < -0.3 is 15.4 Å². The number of halogens is 1. The van der Waals surface area contributed by atoms with Crippen molar-refractivity contribution in [2.75, 3.05) is 18.5 Å². The number of amides is 2. The lowest BCUT2D eigenvalue weighted by atomic mass is 10.3. The van der Waals surface area contributed by atoms with Crippen molar-refractivity contribution in [3.8, 4) is 0 Å². The number of thiophene rings is 1. The minimum absolute atomic E-state index is 0.286. The van der Waals surface area contributed by atoms with Gasteiger partial charge in [0.1, 0.15) is 10.7 Å². The molecule has 0 radical (unpaired) electrons. The molecule has 2 aromatic rings. The first kappa shape index (κ1) is 17.6. The molecule has 1 heterocycles. The zero-order valence-corrected chi connectivity index (χ0v) is 13.6. The first-order valence-corrected chi connectivity index (χ1v) is 7.81. The van der Waals surface area contributed by atoms with E-state index in [9.17, 15) is 18.8 Å². The molecule has 2 amide bonds. The number of nitrogens with one attached hydrogen (secondary N) is 2. The zero-order chi connectivity index (χ0) is 17.5. The largest absolute Gasteiger partial charge is 0.451 e. The van der Waals surface area contributed by atoms with Gasteiger partial charge in [0.25, 0.3) is 5.91 Å². The van der Waals surface area contributed by atoms with Gasteiger partial charge in [-0.3, -0.25) is 9.59 Å². The van der Waals surface area contributed by atoms with E-state index in [-0.39, 0.29) is 6.54 Å². The summed E-state index contributed by atoms with van der Waals surface area (Å²) in [6, 6.07) is 8.62. The van der Waals surface area contributed by atoms with E-state index in [1.54, 1.807) is 12.1 Å². The Morgan fingerprint density at radius 3 is 2.42 bits per heavy atom. The molecule has 0 aliphatic rings. The van der Waals surface area contributed by atoms with Crippen molar-refractivity contribution in [2.45, 2.75) is 6.92 Å². The molecule has 2 rings (SSSR count). The number of hydrogen-bond acceptors (Lipinski definition) is 5. The molecular weight excluding hydrogens is 335 g/mol. The highest BCUT2D eigenvalue weighted by atomic mass is 32.1. The van der Waals surface area contributed by atoms with E-state index < -0.39 is 30.2 Å². The first-order valence-electron chi connectivity index (χ1n) is 7.00. The quantitative estimate of drug-likeness (QED) is 0.782. The van der Waals surface area contributed by atoms with E-state index in [4.69, 9.17) is 4.74 Å². The van der Waals surface area contributed by atoms with Gasteiger partial charge in [-0.15, -0.1) is 11.3 Å². The van der Waals surface area contributed by atoms with Gasteiger partial charge in [0, 0.05) is 10.6 Å². The number of carbonyl (C=O) groups excluding carboxylic acids is 3. The van der Waals surface area contributed by atoms with E-state index in [2.05, 4.69) is 10.6 Å². The molecule has 0 spiro atoms. The number of anilines is 1. The van der Waals surface area contributed by atoms with Crippen LogP contribution >= 0.6 is 11.3 Å². The summed E-state index contributed by atoms with van der Waals surface area (Å²) in [7, 11) is 0. The third kappa shape index (κ3) is 5.47. The number of hydrogen-bond donors (Lipinski definition) is 2. The Morgan fingerprint density at radius 2 is 1.79 bits per heavy atom. The number of esters is 1. The van der Waals surface area contributed by atoms with Crippen molar-refractivity contribution in [2.24, 2.45) is 0 Å². The van der Waals surface area contributed by atoms with E-state index in [1.165, 1.54) is 35.6 Å². The van der Waals surface area contributed by atoms with E-state index in [1.807, 2.05) is 6.92 Å². The second-order valence-corrected chi connectivity index (χ2v) is 6.11. The molecule has 0 saturated heterocycles. The van der Waals surface area contributed by atoms with Crippen molar-refractivity contribution in [3.63, 3.8) is 0 Å². The van der Waals surface area contributed by atoms with E-state index >= 15 is 0 Å². The molecule has 0 unspecified atom stereocenters. The lowest BCUT2D eigenvalue weighted by molar-refractivity contribution is -0.126. The van der Waals surface area contributed by atoms with Gasteiger partial charge in [0.15, 0.2) is 6.61 Å². The average Bonchev–Trinajstić information content (AvgIpc) is 2.99. The fourth-order valence-corrected chi connectivity index (χ4v) is 2.48. The molecule has 1 aromatic heterocycles. The summed E-state index contributed by atoms with van der Waals surface area (Å²) in [6.45, 7) is 1.10. The summed E-state index contributed by atoms with van der Waals surface area (Å²) in [6.07, 6.45) is 0. The molecule has 0 saturated carbocycles. The average molecular weight is 350 g/mol. The van der Waals surface area contributed by atoms with Crippen LogP contribution in [0.15, 0.2) is 36.4 Å². The van der Waals surface area contributed by atoms with Crippen LogP contribution in [0.1, 0.15) is 14.5 Å². The van der Waals surface area contributed by atoms with E-state index in [0.29, 0.717) is 10.6 Å². The van der Waals surface area contributed by atoms with Gasteiger partial charge in [0.05, 0.1) is 6.54 Å². The van der Waals surface area contributed by atoms with Crippen molar-refractivity contribution in [1.29, 1.82) is 0 Å². The first-order chi connectivity index (χ1) is 11.4. The monoisotopic (exact) mass is 350 g/mol. The van der Waals surface area contributed by atoms with Crippen LogP contribution in [0.5, 0.6) is 0 Å². The summed E-state index contributed by atoms with van der Waals surface area (Å²) >= 11 is 1.27.